The molecule has 0 aromatic heterocycles. The fourth-order valence-corrected chi connectivity index (χ4v) is 4.93. The van der Waals surface area contributed by atoms with Crippen LogP contribution in [0.15, 0.2) is 60.3 Å². The van der Waals surface area contributed by atoms with Crippen LogP contribution in [0.3, 0.4) is 0 Å². The summed E-state index contributed by atoms with van der Waals surface area (Å²) in [7, 11) is -3.13. The summed E-state index contributed by atoms with van der Waals surface area (Å²) in [6.45, 7) is 4.19. The summed E-state index contributed by atoms with van der Waals surface area (Å²) >= 11 is 0. The molecule has 2 aromatic carbocycles. The van der Waals surface area contributed by atoms with Crippen molar-refractivity contribution in [2.45, 2.75) is 32.2 Å². The second-order valence-electron chi connectivity index (χ2n) is 7.77. The number of benzene rings is 2. The lowest BCUT2D eigenvalue weighted by Gasteiger charge is -2.15. The van der Waals surface area contributed by atoms with E-state index in [4.69, 9.17) is 0 Å². The zero-order valence-corrected chi connectivity index (χ0v) is 17.9. The number of hydrogen-bond acceptors (Lipinski definition) is 4. The smallest absolute Gasteiger partial charge is 0.268 e. The Kier molecular flexibility index (Phi) is 6.72. The molecule has 0 radical (unpaired) electrons. The van der Waals surface area contributed by atoms with Gasteiger partial charge in [0.15, 0.2) is 9.84 Å². The van der Waals surface area contributed by atoms with E-state index in [0.29, 0.717) is 17.9 Å². The molecule has 6 nitrogen and oxygen atoms in total. The van der Waals surface area contributed by atoms with E-state index in [9.17, 15) is 18.0 Å². The lowest BCUT2D eigenvalue weighted by atomic mass is 10.0. The fourth-order valence-electron chi connectivity index (χ4n) is 3.26. The lowest BCUT2D eigenvalue weighted by Crippen LogP contribution is -2.41. The molecule has 1 heterocycles. The molecule has 0 saturated carbocycles. The summed E-state index contributed by atoms with van der Waals surface area (Å²) in [6.07, 6.45) is 1.97. The number of carbonyl (C=O) groups excluding carboxylic acids is 2. The average Bonchev–Trinajstić information content (AvgIpc) is 3.06. The van der Waals surface area contributed by atoms with E-state index in [1.54, 1.807) is 36.4 Å². The number of hydrogen-bond donors (Lipinski definition) is 2. The highest BCUT2D eigenvalue weighted by molar-refractivity contribution is 7.91. The van der Waals surface area contributed by atoms with E-state index in [0.717, 1.165) is 5.56 Å². The van der Waals surface area contributed by atoms with Crippen molar-refractivity contribution in [1.82, 2.24) is 10.6 Å². The van der Waals surface area contributed by atoms with Crippen LogP contribution in [0.25, 0.3) is 6.08 Å². The second kappa shape index (κ2) is 9.26. The maximum absolute atomic E-state index is 12.9. The Morgan fingerprint density at radius 3 is 2.27 bits per heavy atom. The van der Waals surface area contributed by atoms with Gasteiger partial charge < -0.3 is 10.6 Å². The van der Waals surface area contributed by atoms with Gasteiger partial charge in [-0.05, 0) is 41.7 Å². The van der Waals surface area contributed by atoms with Crippen molar-refractivity contribution in [3.63, 3.8) is 0 Å². The Morgan fingerprint density at radius 2 is 1.70 bits per heavy atom. The fraction of sp³-hybridized carbons (Fsp3) is 0.304. The Labute approximate surface area is 177 Å². The van der Waals surface area contributed by atoms with E-state index in [2.05, 4.69) is 24.5 Å². The predicted molar refractivity (Wildman–Crippen MR) is 118 cm³/mol. The number of carbonyl (C=O) groups is 2. The topological polar surface area (TPSA) is 92.3 Å². The Hall–Kier alpha value is -2.93. The molecular weight excluding hydrogens is 400 g/mol. The molecule has 0 bridgehead atoms. The lowest BCUT2D eigenvalue weighted by molar-refractivity contribution is -0.118. The number of amides is 2. The first kappa shape index (κ1) is 21.8. The van der Waals surface area contributed by atoms with Crippen LogP contribution in [0.4, 0.5) is 0 Å². The van der Waals surface area contributed by atoms with Gasteiger partial charge in [-0.25, -0.2) is 8.42 Å². The van der Waals surface area contributed by atoms with Crippen LogP contribution in [-0.2, 0) is 14.6 Å². The molecule has 2 N–H and O–H groups in total. The van der Waals surface area contributed by atoms with Crippen LogP contribution in [0, 0.1) is 0 Å². The minimum Gasteiger partial charge on any atom is -0.347 e. The van der Waals surface area contributed by atoms with Gasteiger partial charge in [-0.1, -0.05) is 56.3 Å². The van der Waals surface area contributed by atoms with Crippen molar-refractivity contribution in [2.24, 2.45) is 0 Å². The molecule has 1 aliphatic rings. The molecule has 2 amide bonds. The minimum absolute atomic E-state index is 0.0596. The standard InChI is InChI=1S/C23H26N2O4S/c1-16(2)18-10-8-17(9-11-18)14-21(25-22(26)19-6-4-3-5-7-19)23(27)24-20-12-13-30(28,29)15-20/h3-11,14,16,20H,12-13,15H2,1-2H3,(H,24,27)(H,25,26)/b21-14-/t20-/m0/s1. The number of rotatable bonds is 6. The van der Waals surface area contributed by atoms with Crippen LogP contribution in [0.2, 0.25) is 0 Å². The maximum Gasteiger partial charge on any atom is 0.268 e. The third kappa shape index (κ3) is 5.79. The van der Waals surface area contributed by atoms with Crippen molar-refractivity contribution in [3.05, 3.63) is 77.0 Å². The van der Waals surface area contributed by atoms with Gasteiger partial charge in [0.05, 0.1) is 11.5 Å². The molecule has 3 rings (SSSR count). The van der Waals surface area contributed by atoms with Gasteiger partial charge in [-0.2, -0.15) is 0 Å². The molecule has 2 aromatic rings. The highest BCUT2D eigenvalue weighted by Gasteiger charge is 2.30. The highest BCUT2D eigenvalue weighted by atomic mass is 32.2. The van der Waals surface area contributed by atoms with Crippen molar-refractivity contribution in [2.75, 3.05) is 11.5 Å². The van der Waals surface area contributed by atoms with Crippen molar-refractivity contribution in [1.29, 1.82) is 0 Å². The summed E-state index contributed by atoms with van der Waals surface area (Å²) < 4.78 is 23.4. The van der Waals surface area contributed by atoms with Gasteiger partial charge in [-0.3, -0.25) is 9.59 Å². The van der Waals surface area contributed by atoms with E-state index in [1.165, 1.54) is 5.56 Å². The third-order valence-electron chi connectivity index (χ3n) is 5.01. The van der Waals surface area contributed by atoms with Crippen LogP contribution in [0.1, 0.15) is 47.7 Å². The van der Waals surface area contributed by atoms with Gasteiger partial charge >= 0.3 is 0 Å². The SMILES string of the molecule is CC(C)c1ccc(/C=C(\NC(=O)c2ccccc2)C(=O)N[C@H]2CCS(=O)(=O)C2)cc1. The molecule has 158 valence electrons. The number of nitrogens with one attached hydrogen (secondary N) is 2. The summed E-state index contributed by atoms with van der Waals surface area (Å²) in [5, 5.41) is 5.41. The van der Waals surface area contributed by atoms with Gasteiger partial charge in [-0.15, -0.1) is 0 Å². The molecule has 30 heavy (non-hydrogen) atoms. The zero-order valence-electron chi connectivity index (χ0n) is 17.1. The largest absolute Gasteiger partial charge is 0.347 e. The maximum atomic E-state index is 12.9. The first-order valence-corrected chi connectivity index (χ1v) is 11.7. The molecule has 7 heteroatoms. The van der Waals surface area contributed by atoms with Gasteiger partial charge in [0.2, 0.25) is 0 Å². The molecule has 1 saturated heterocycles. The van der Waals surface area contributed by atoms with E-state index in [-0.39, 0.29) is 17.2 Å². The summed E-state index contributed by atoms with van der Waals surface area (Å²) in [5.41, 5.74) is 2.43. The Morgan fingerprint density at radius 1 is 1.03 bits per heavy atom. The summed E-state index contributed by atoms with van der Waals surface area (Å²) in [4.78, 5) is 25.5. The van der Waals surface area contributed by atoms with Crippen LogP contribution < -0.4 is 10.6 Å². The highest BCUT2D eigenvalue weighted by Crippen LogP contribution is 2.17. The Balaban J connectivity index is 1.83. The second-order valence-corrected chi connectivity index (χ2v) is 10.0. The number of sulfone groups is 1. The van der Waals surface area contributed by atoms with Crippen molar-refractivity contribution < 1.29 is 18.0 Å². The molecule has 0 aliphatic carbocycles. The normalized spacial score (nSPS) is 18.2. The quantitative estimate of drug-likeness (QED) is 0.695. The molecule has 1 atom stereocenters. The molecule has 0 spiro atoms. The summed E-state index contributed by atoms with van der Waals surface area (Å²) in [6, 6.07) is 15.9. The van der Waals surface area contributed by atoms with Gasteiger partial charge in [0.25, 0.3) is 11.8 Å². The van der Waals surface area contributed by atoms with Crippen LogP contribution in [-0.4, -0.2) is 37.8 Å². The third-order valence-corrected chi connectivity index (χ3v) is 6.78. The first-order valence-electron chi connectivity index (χ1n) is 9.93. The minimum atomic E-state index is -3.13. The monoisotopic (exact) mass is 426 g/mol. The van der Waals surface area contributed by atoms with Crippen molar-refractivity contribution in [3.8, 4) is 0 Å². The van der Waals surface area contributed by atoms with Gasteiger partial charge in [0.1, 0.15) is 5.70 Å². The van der Waals surface area contributed by atoms with Crippen LogP contribution in [0.5, 0.6) is 0 Å². The first-order chi connectivity index (χ1) is 14.2. The average molecular weight is 427 g/mol. The van der Waals surface area contributed by atoms with Crippen LogP contribution >= 0.6 is 0 Å². The van der Waals surface area contributed by atoms with E-state index < -0.39 is 27.7 Å². The summed E-state index contributed by atoms with van der Waals surface area (Å²) in [5.74, 6) is -0.553. The molecule has 1 aliphatic heterocycles. The van der Waals surface area contributed by atoms with E-state index >= 15 is 0 Å². The van der Waals surface area contributed by atoms with Gasteiger partial charge in [0, 0.05) is 11.6 Å². The molecule has 0 unspecified atom stereocenters. The predicted octanol–water partition coefficient (Wildman–Crippen LogP) is 2.88. The van der Waals surface area contributed by atoms with E-state index in [1.807, 2.05) is 24.3 Å². The Bertz CT molecular complexity index is 1040. The zero-order chi connectivity index (χ0) is 21.7. The molecule has 1 fully saturated rings. The molecular formula is C23H26N2O4S. The van der Waals surface area contributed by atoms with Crippen molar-refractivity contribution >= 4 is 27.7 Å².